The van der Waals surface area contributed by atoms with Gasteiger partial charge >= 0.3 is 11.6 Å². The Morgan fingerprint density at radius 2 is 1.85 bits per heavy atom. The third-order valence-corrected chi connectivity index (χ3v) is 3.74. The van der Waals surface area contributed by atoms with Crippen molar-refractivity contribution in [2.45, 2.75) is 6.54 Å². The lowest BCUT2D eigenvalue weighted by Gasteiger charge is -2.26. The van der Waals surface area contributed by atoms with Gasteiger partial charge in [-0.3, -0.25) is 0 Å². The highest BCUT2D eigenvalue weighted by molar-refractivity contribution is 5.86. The molecule has 0 unspecified atom stereocenters. The number of hydrogen-bond acceptors (Lipinski definition) is 7. The van der Waals surface area contributed by atoms with Crippen molar-refractivity contribution < 1.29 is 28.5 Å². The first-order valence-electron chi connectivity index (χ1n) is 7.82. The van der Waals surface area contributed by atoms with Crippen molar-refractivity contribution in [2.75, 3.05) is 39.4 Å². The molecule has 0 saturated carbocycles. The predicted molar refractivity (Wildman–Crippen MR) is 94.4 cm³/mol. The number of ether oxygens (including phenoxy) is 3. The first-order valence-corrected chi connectivity index (χ1v) is 7.82. The Labute approximate surface area is 150 Å². The highest BCUT2D eigenvalue weighted by atomic mass is 16.5. The Morgan fingerprint density at radius 3 is 2.38 bits per heavy atom. The summed E-state index contributed by atoms with van der Waals surface area (Å²) in [5.41, 5.74) is 0.419. The molecule has 1 N–H and O–H groups in total. The van der Waals surface area contributed by atoms with Crippen molar-refractivity contribution in [3.8, 4) is 11.5 Å². The average Bonchev–Trinajstić information content (AvgIpc) is 2.64. The number of hydrogen-bond donors (Lipinski definition) is 1. The second-order valence-electron chi connectivity index (χ2n) is 5.38. The van der Waals surface area contributed by atoms with Crippen LogP contribution in [-0.2, 0) is 11.3 Å². The summed E-state index contributed by atoms with van der Waals surface area (Å²) in [6, 6.07) is 8.69. The number of anilines is 1. The Bertz CT molecular complexity index is 798. The molecule has 0 atom stereocenters. The monoisotopic (exact) mass is 363 g/mol. The molecule has 0 aliphatic heterocycles. The van der Waals surface area contributed by atoms with Gasteiger partial charge in [-0.15, -0.1) is 0 Å². The molecule has 0 saturated heterocycles. The zero-order chi connectivity index (χ0) is 19.1. The normalized spacial score (nSPS) is 10.4. The fraction of sp³-hybridized carbons (Fsp3) is 0.333. The fourth-order valence-electron chi connectivity index (χ4n) is 2.44. The van der Waals surface area contributed by atoms with E-state index in [2.05, 4.69) is 0 Å². The minimum absolute atomic E-state index is 0.0559. The van der Waals surface area contributed by atoms with E-state index >= 15 is 0 Å². The van der Waals surface area contributed by atoms with Crippen LogP contribution in [0, 0.1) is 0 Å². The molecular weight excluding hydrogens is 342 g/mol. The molecule has 1 heterocycles. The van der Waals surface area contributed by atoms with Crippen molar-refractivity contribution in [3.63, 3.8) is 0 Å². The van der Waals surface area contributed by atoms with Crippen LogP contribution in [0.3, 0.4) is 0 Å². The molecule has 0 aliphatic rings. The Balaban J connectivity index is 2.44. The quantitative estimate of drug-likeness (QED) is 0.722. The van der Waals surface area contributed by atoms with Crippen LogP contribution >= 0.6 is 0 Å². The summed E-state index contributed by atoms with van der Waals surface area (Å²) in [7, 11) is 4.48. The van der Waals surface area contributed by atoms with Gasteiger partial charge in [0.05, 0.1) is 26.5 Å². The Morgan fingerprint density at radius 1 is 1.15 bits per heavy atom. The third kappa shape index (κ3) is 4.54. The molecule has 0 aliphatic carbocycles. The molecule has 0 fully saturated rings. The number of nitrogens with zero attached hydrogens (tertiary/aromatic N) is 1. The van der Waals surface area contributed by atoms with Crippen LogP contribution in [0.2, 0.25) is 0 Å². The molecule has 26 heavy (non-hydrogen) atoms. The van der Waals surface area contributed by atoms with Crippen molar-refractivity contribution >= 4 is 11.7 Å². The minimum atomic E-state index is -1.33. The lowest BCUT2D eigenvalue weighted by atomic mass is 10.2. The number of benzene rings is 1. The predicted octanol–water partition coefficient (Wildman–Crippen LogP) is 2.01. The van der Waals surface area contributed by atoms with Crippen molar-refractivity contribution in [1.29, 1.82) is 0 Å². The summed E-state index contributed by atoms with van der Waals surface area (Å²) in [5.74, 6) is -1.12. The molecule has 1 aromatic heterocycles. The Hall–Kier alpha value is -3.00. The molecule has 8 nitrogen and oxygen atoms in total. The van der Waals surface area contributed by atoms with E-state index in [-0.39, 0.29) is 5.75 Å². The van der Waals surface area contributed by atoms with Crippen LogP contribution < -0.4 is 20.0 Å². The number of carboxylic acid groups (broad SMARTS) is 1. The molecule has 0 radical (unpaired) electrons. The van der Waals surface area contributed by atoms with E-state index in [1.54, 1.807) is 19.1 Å². The molecule has 0 amide bonds. The molecule has 2 rings (SSSR count). The maximum atomic E-state index is 12.1. The summed E-state index contributed by atoms with van der Waals surface area (Å²) in [6.45, 7) is 1.20. The number of methoxy groups -OCH3 is 3. The summed E-state index contributed by atoms with van der Waals surface area (Å²) in [4.78, 5) is 25.1. The van der Waals surface area contributed by atoms with Crippen LogP contribution in [0.5, 0.6) is 11.5 Å². The summed E-state index contributed by atoms with van der Waals surface area (Å²) >= 11 is 0. The van der Waals surface area contributed by atoms with Gasteiger partial charge in [0, 0.05) is 26.3 Å². The summed E-state index contributed by atoms with van der Waals surface area (Å²) in [5, 5.41) is 9.17. The lowest BCUT2D eigenvalue weighted by Crippen LogP contribution is -2.29. The van der Waals surface area contributed by atoms with Gasteiger partial charge in [-0.05, 0) is 17.7 Å². The highest BCUT2D eigenvalue weighted by Crippen LogP contribution is 2.27. The van der Waals surface area contributed by atoms with E-state index in [1.807, 2.05) is 24.3 Å². The van der Waals surface area contributed by atoms with Crippen LogP contribution in [0.25, 0.3) is 0 Å². The van der Waals surface area contributed by atoms with E-state index in [0.717, 1.165) is 11.3 Å². The van der Waals surface area contributed by atoms with Gasteiger partial charge in [0.15, 0.2) is 0 Å². The van der Waals surface area contributed by atoms with Crippen LogP contribution in [0.4, 0.5) is 5.69 Å². The third-order valence-electron chi connectivity index (χ3n) is 3.74. The molecular formula is C18H21NO7. The van der Waals surface area contributed by atoms with Crippen molar-refractivity contribution in [3.05, 3.63) is 52.1 Å². The molecule has 2 aromatic rings. The highest BCUT2D eigenvalue weighted by Gasteiger charge is 2.21. The fourth-order valence-corrected chi connectivity index (χ4v) is 2.44. The summed E-state index contributed by atoms with van der Waals surface area (Å²) < 4.78 is 20.2. The zero-order valence-electron chi connectivity index (χ0n) is 14.9. The van der Waals surface area contributed by atoms with Gasteiger partial charge in [0.25, 0.3) is 0 Å². The number of rotatable bonds is 9. The van der Waals surface area contributed by atoms with Crippen molar-refractivity contribution in [2.24, 2.45) is 0 Å². The molecule has 8 heteroatoms. The zero-order valence-corrected chi connectivity index (χ0v) is 14.9. The van der Waals surface area contributed by atoms with Gasteiger partial charge in [-0.25, -0.2) is 9.59 Å². The number of aromatic carboxylic acids is 1. The van der Waals surface area contributed by atoms with E-state index in [9.17, 15) is 14.7 Å². The lowest BCUT2D eigenvalue weighted by molar-refractivity contribution is 0.0656. The van der Waals surface area contributed by atoms with Gasteiger partial charge in [-0.1, -0.05) is 12.1 Å². The number of carbonyl (C=O) groups is 1. The molecule has 0 spiro atoms. The largest absolute Gasteiger partial charge is 0.497 e. The second kappa shape index (κ2) is 8.91. The van der Waals surface area contributed by atoms with E-state index in [0.29, 0.717) is 25.4 Å². The number of carboxylic acids is 1. The maximum Gasteiger partial charge on any atom is 0.381 e. The molecule has 0 bridgehead atoms. The molecule has 1 aromatic carbocycles. The first kappa shape index (κ1) is 19.3. The van der Waals surface area contributed by atoms with E-state index < -0.39 is 17.4 Å². The van der Waals surface area contributed by atoms with E-state index in [1.165, 1.54) is 13.2 Å². The van der Waals surface area contributed by atoms with Gasteiger partial charge in [0.2, 0.25) is 11.5 Å². The first-order chi connectivity index (χ1) is 12.5. The van der Waals surface area contributed by atoms with Crippen LogP contribution in [0.15, 0.2) is 39.5 Å². The average molecular weight is 363 g/mol. The van der Waals surface area contributed by atoms with Gasteiger partial charge in [0.1, 0.15) is 5.75 Å². The Kier molecular flexibility index (Phi) is 6.62. The molecule has 140 valence electrons. The van der Waals surface area contributed by atoms with Crippen LogP contribution in [-0.4, -0.2) is 45.6 Å². The maximum absolute atomic E-state index is 12.1. The SMILES string of the molecule is COCCN(Cc1ccc(OC)cc1)c1cc(C(=O)O)oc(=O)c1OC. The van der Waals surface area contributed by atoms with E-state index in [4.69, 9.17) is 18.6 Å². The smallest absolute Gasteiger partial charge is 0.381 e. The second-order valence-corrected chi connectivity index (χ2v) is 5.38. The van der Waals surface area contributed by atoms with Crippen molar-refractivity contribution in [1.82, 2.24) is 0 Å². The summed E-state index contributed by atoms with van der Waals surface area (Å²) in [6.07, 6.45) is 0. The topological polar surface area (TPSA) is 98.4 Å². The minimum Gasteiger partial charge on any atom is -0.497 e. The van der Waals surface area contributed by atoms with Gasteiger partial charge < -0.3 is 28.6 Å². The van der Waals surface area contributed by atoms with Crippen LogP contribution in [0.1, 0.15) is 16.1 Å². The van der Waals surface area contributed by atoms with Gasteiger partial charge in [-0.2, -0.15) is 0 Å². The standard InChI is InChI=1S/C18H21NO7/c1-23-9-8-19(11-12-4-6-13(24-2)7-5-12)14-10-15(17(20)21)26-18(22)16(14)25-3/h4-7,10H,8-9,11H2,1-3H3,(H,20,21).